The van der Waals surface area contributed by atoms with Gasteiger partial charge in [0.15, 0.2) is 0 Å². The van der Waals surface area contributed by atoms with Gasteiger partial charge in [-0.3, -0.25) is 4.90 Å². The van der Waals surface area contributed by atoms with Crippen LogP contribution in [0.25, 0.3) is 0 Å². The van der Waals surface area contributed by atoms with Gasteiger partial charge in [0.1, 0.15) is 0 Å². The lowest BCUT2D eigenvalue weighted by molar-refractivity contribution is -0.177. The van der Waals surface area contributed by atoms with Crippen LogP contribution in [0.5, 0.6) is 0 Å². The second-order valence-corrected chi connectivity index (χ2v) is 2.58. The number of nitrogens with zero attached hydrogens (tertiary/aromatic N) is 1. The minimum atomic E-state index is -4.68. The molecule has 0 fully saturated rings. The highest BCUT2D eigenvalue weighted by Gasteiger charge is 2.36. The van der Waals surface area contributed by atoms with Gasteiger partial charge < -0.3 is 0 Å². The van der Waals surface area contributed by atoms with Gasteiger partial charge in [-0.2, -0.15) is 26.3 Å². The van der Waals surface area contributed by atoms with Crippen molar-refractivity contribution in [3.05, 3.63) is 0 Å². The summed E-state index contributed by atoms with van der Waals surface area (Å²) < 4.78 is 70.4. The van der Waals surface area contributed by atoms with E-state index in [0.29, 0.717) is 0 Å². The average molecular weight is 219 g/mol. The van der Waals surface area contributed by atoms with Gasteiger partial charge in [-0.1, -0.05) is 5.92 Å². The maximum Gasteiger partial charge on any atom is 0.401 e. The number of halogens is 6. The molecule has 0 bridgehead atoms. The summed E-state index contributed by atoms with van der Waals surface area (Å²) in [4.78, 5) is 0.111. The molecule has 0 aliphatic heterocycles. The van der Waals surface area contributed by atoms with Gasteiger partial charge >= 0.3 is 12.4 Å². The maximum atomic E-state index is 11.7. The maximum absolute atomic E-state index is 11.7. The summed E-state index contributed by atoms with van der Waals surface area (Å²) in [6.07, 6.45) is -4.72. The van der Waals surface area contributed by atoms with E-state index in [2.05, 4.69) is 6.42 Å². The second-order valence-electron chi connectivity index (χ2n) is 2.58. The number of terminal acetylenes is 1. The molecule has 0 spiro atoms. The Morgan fingerprint density at radius 3 is 1.50 bits per heavy atom. The molecule has 0 aromatic rings. The molecule has 0 amide bonds. The average Bonchev–Trinajstić information content (AvgIpc) is 1.78. The minimum absolute atomic E-state index is 0.111. The van der Waals surface area contributed by atoms with Crippen LogP contribution in [0.1, 0.15) is 0 Å². The van der Waals surface area contributed by atoms with Crippen LogP contribution in [0.15, 0.2) is 0 Å². The highest BCUT2D eigenvalue weighted by atomic mass is 19.4. The Hall–Kier alpha value is -0.900. The largest absolute Gasteiger partial charge is 0.401 e. The molecule has 0 heterocycles. The van der Waals surface area contributed by atoms with Crippen LogP contribution < -0.4 is 0 Å². The highest BCUT2D eigenvalue weighted by molar-refractivity contribution is 4.89. The third-order valence-electron chi connectivity index (χ3n) is 1.12. The molecule has 0 radical (unpaired) electrons. The van der Waals surface area contributed by atoms with Crippen molar-refractivity contribution in [2.45, 2.75) is 12.4 Å². The van der Waals surface area contributed by atoms with Gasteiger partial charge in [0, 0.05) is 0 Å². The second kappa shape index (κ2) is 4.55. The fourth-order valence-electron chi connectivity index (χ4n) is 0.804. The molecule has 0 atom stereocenters. The third kappa shape index (κ3) is 7.73. The number of alkyl halides is 6. The van der Waals surface area contributed by atoms with Gasteiger partial charge in [-0.25, -0.2) is 0 Å². The predicted octanol–water partition coefficient (Wildman–Crippen LogP) is 2.05. The van der Waals surface area contributed by atoms with Crippen molar-refractivity contribution in [3.8, 4) is 12.3 Å². The van der Waals surface area contributed by atoms with Crippen molar-refractivity contribution < 1.29 is 26.3 Å². The van der Waals surface area contributed by atoms with Crippen molar-refractivity contribution in [2.24, 2.45) is 0 Å². The van der Waals surface area contributed by atoms with E-state index in [4.69, 9.17) is 0 Å². The van der Waals surface area contributed by atoms with Gasteiger partial charge in [-0.15, -0.1) is 6.42 Å². The van der Waals surface area contributed by atoms with Crippen molar-refractivity contribution in [3.63, 3.8) is 0 Å². The first-order valence-corrected chi connectivity index (χ1v) is 3.43. The van der Waals surface area contributed by atoms with E-state index in [1.807, 2.05) is 0 Å². The molecule has 0 aliphatic rings. The minimum Gasteiger partial charge on any atom is -0.275 e. The van der Waals surface area contributed by atoms with Crippen LogP contribution in [0.2, 0.25) is 0 Å². The van der Waals surface area contributed by atoms with Gasteiger partial charge in [0.2, 0.25) is 0 Å². The SMILES string of the molecule is C#CCN(CC(F)(F)F)CC(F)(F)F. The topological polar surface area (TPSA) is 3.24 Å². The van der Waals surface area contributed by atoms with E-state index in [1.54, 1.807) is 5.92 Å². The monoisotopic (exact) mass is 219 g/mol. The van der Waals surface area contributed by atoms with E-state index >= 15 is 0 Å². The molecule has 0 rings (SSSR count). The molecule has 1 nitrogen and oxygen atoms in total. The van der Waals surface area contributed by atoms with Gasteiger partial charge in [0.25, 0.3) is 0 Å². The van der Waals surface area contributed by atoms with E-state index in [1.165, 1.54) is 0 Å². The lowest BCUT2D eigenvalue weighted by Gasteiger charge is -2.22. The number of hydrogen-bond donors (Lipinski definition) is 0. The van der Waals surface area contributed by atoms with E-state index in [0.717, 1.165) is 0 Å². The van der Waals surface area contributed by atoms with Crippen LogP contribution in [0, 0.1) is 12.3 Å². The Bertz CT molecular complexity index is 194. The highest BCUT2D eigenvalue weighted by Crippen LogP contribution is 2.21. The Morgan fingerprint density at radius 2 is 1.29 bits per heavy atom. The van der Waals surface area contributed by atoms with Crippen molar-refractivity contribution in [1.82, 2.24) is 4.90 Å². The Kier molecular flexibility index (Phi) is 4.26. The molecule has 0 unspecified atom stereocenters. The van der Waals surface area contributed by atoms with Crippen LogP contribution in [0.4, 0.5) is 26.3 Å². The van der Waals surface area contributed by atoms with Crippen LogP contribution in [0.3, 0.4) is 0 Å². The first kappa shape index (κ1) is 13.1. The summed E-state index contributed by atoms with van der Waals surface area (Å²) in [5, 5.41) is 0. The summed E-state index contributed by atoms with van der Waals surface area (Å²) in [5.41, 5.74) is 0. The summed E-state index contributed by atoms with van der Waals surface area (Å²) >= 11 is 0. The Labute approximate surface area is 76.7 Å². The molecular formula is C7H7F6N. The van der Waals surface area contributed by atoms with Crippen LogP contribution in [-0.4, -0.2) is 36.9 Å². The molecule has 0 N–H and O–H groups in total. The zero-order chi connectivity index (χ0) is 11.4. The zero-order valence-electron chi connectivity index (χ0n) is 6.91. The quantitative estimate of drug-likeness (QED) is 0.518. The van der Waals surface area contributed by atoms with Gasteiger partial charge in [-0.05, 0) is 0 Å². The summed E-state index contributed by atoms with van der Waals surface area (Å²) in [7, 11) is 0. The molecule has 14 heavy (non-hydrogen) atoms. The molecule has 82 valence electrons. The normalized spacial score (nSPS) is 13.0. The van der Waals surface area contributed by atoms with E-state index < -0.39 is 32.0 Å². The summed E-state index contributed by atoms with van der Waals surface area (Å²) in [6.45, 7) is -3.99. The molecule has 0 saturated carbocycles. The number of rotatable bonds is 3. The smallest absolute Gasteiger partial charge is 0.275 e. The molecule has 0 aromatic heterocycles. The van der Waals surface area contributed by atoms with Crippen LogP contribution in [-0.2, 0) is 0 Å². The fourth-order valence-corrected chi connectivity index (χ4v) is 0.804. The van der Waals surface area contributed by atoms with Crippen LogP contribution >= 0.6 is 0 Å². The van der Waals surface area contributed by atoms with Crippen molar-refractivity contribution in [1.29, 1.82) is 0 Å². The summed E-state index contributed by atoms with van der Waals surface area (Å²) in [6, 6.07) is 0. The molecule has 7 heteroatoms. The molecule has 0 aromatic carbocycles. The Balaban J connectivity index is 4.25. The molecule has 0 aliphatic carbocycles. The standard InChI is InChI=1S/C7H7F6N/c1-2-3-14(4-6(8,9)10)5-7(11,12)13/h1H,3-5H2. The first-order chi connectivity index (χ1) is 6.14. The first-order valence-electron chi connectivity index (χ1n) is 3.43. The lowest BCUT2D eigenvalue weighted by atomic mass is 10.4. The van der Waals surface area contributed by atoms with Crippen molar-refractivity contribution in [2.75, 3.05) is 19.6 Å². The number of hydrogen-bond acceptors (Lipinski definition) is 1. The molecular weight excluding hydrogens is 212 g/mol. The predicted molar refractivity (Wildman–Crippen MR) is 37.4 cm³/mol. The zero-order valence-corrected chi connectivity index (χ0v) is 6.91. The Morgan fingerprint density at radius 1 is 0.929 bits per heavy atom. The van der Waals surface area contributed by atoms with E-state index in [9.17, 15) is 26.3 Å². The van der Waals surface area contributed by atoms with E-state index in [-0.39, 0.29) is 4.90 Å². The van der Waals surface area contributed by atoms with Crippen molar-refractivity contribution >= 4 is 0 Å². The summed E-state index contributed by atoms with van der Waals surface area (Å²) in [5.74, 6) is 1.74. The third-order valence-corrected chi connectivity index (χ3v) is 1.12. The molecule has 0 saturated heterocycles. The van der Waals surface area contributed by atoms with Gasteiger partial charge in [0.05, 0.1) is 19.6 Å². The lowest BCUT2D eigenvalue weighted by Crippen LogP contribution is -2.40. The fraction of sp³-hybridized carbons (Fsp3) is 0.714.